The maximum Gasteiger partial charge on any atom is 0.0406 e. The summed E-state index contributed by atoms with van der Waals surface area (Å²) in [6.45, 7) is 2.36. The molecule has 1 heterocycles. The molecule has 1 aliphatic rings. The molecule has 1 aliphatic heterocycles. The summed E-state index contributed by atoms with van der Waals surface area (Å²) in [5.74, 6) is 2.08. The molecule has 0 unspecified atom stereocenters. The molecule has 1 N–H and O–H groups in total. The van der Waals surface area contributed by atoms with Gasteiger partial charge >= 0.3 is 0 Å². The topological polar surface area (TPSA) is 12.0 Å². The third kappa shape index (κ3) is 3.35. The molecule has 1 aromatic carbocycles. The summed E-state index contributed by atoms with van der Waals surface area (Å²) in [5.41, 5.74) is 0. The third-order valence-corrected chi connectivity index (χ3v) is 3.66. The normalized spacial score (nSPS) is 15.8. The number of hydrogen-bond acceptors (Lipinski definition) is 2. The van der Waals surface area contributed by atoms with Crippen LogP contribution in [0.5, 0.6) is 0 Å². The van der Waals surface area contributed by atoms with Crippen molar-refractivity contribution in [3.8, 4) is 0 Å². The number of benzene rings is 1. The molecule has 0 aliphatic carbocycles. The van der Waals surface area contributed by atoms with E-state index < -0.39 is 0 Å². The lowest BCUT2D eigenvalue weighted by Crippen LogP contribution is -2.43. The van der Waals surface area contributed by atoms with E-state index in [2.05, 4.69) is 17.4 Å². The van der Waals surface area contributed by atoms with Gasteiger partial charge in [-0.2, -0.15) is 0 Å². The first-order chi connectivity index (χ1) is 6.34. The lowest BCUT2D eigenvalue weighted by atomic mass is 10.1. The second kappa shape index (κ2) is 5.86. The maximum absolute atomic E-state index is 5.79. The average molecular weight is 250 g/mol. The summed E-state index contributed by atoms with van der Waals surface area (Å²) in [6.07, 6.45) is 0. The number of hydrogen-bond donors (Lipinski definition) is 1. The van der Waals surface area contributed by atoms with Gasteiger partial charge in [0.2, 0.25) is 0 Å². The van der Waals surface area contributed by atoms with Crippen LogP contribution in [0.1, 0.15) is 0 Å². The van der Waals surface area contributed by atoms with Gasteiger partial charge in [-0.15, -0.1) is 24.2 Å². The SMILES string of the molecule is Cl.Clc1ccc(SCC2CNC2)cc1. The Morgan fingerprint density at radius 2 is 1.93 bits per heavy atom. The quantitative estimate of drug-likeness (QED) is 0.827. The molecule has 0 amide bonds. The van der Waals surface area contributed by atoms with Crippen LogP contribution in [0.2, 0.25) is 5.02 Å². The zero-order valence-corrected chi connectivity index (χ0v) is 10.1. The molecule has 0 spiro atoms. The molecule has 1 nitrogen and oxygen atoms in total. The third-order valence-electron chi connectivity index (χ3n) is 2.17. The Bertz CT molecular complexity index is 272. The average Bonchev–Trinajstić information content (AvgIpc) is 2.05. The fourth-order valence-electron chi connectivity index (χ4n) is 1.21. The summed E-state index contributed by atoms with van der Waals surface area (Å²) < 4.78 is 0. The lowest BCUT2D eigenvalue weighted by molar-refractivity contribution is 0.385. The van der Waals surface area contributed by atoms with E-state index in [9.17, 15) is 0 Å². The second-order valence-corrected chi connectivity index (χ2v) is 4.82. The molecule has 14 heavy (non-hydrogen) atoms. The van der Waals surface area contributed by atoms with Crippen molar-refractivity contribution >= 4 is 35.8 Å². The van der Waals surface area contributed by atoms with E-state index in [1.54, 1.807) is 0 Å². The molecule has 1 fully saturated rings. The van der Waals surface area contributed by atoms with E-state index in [1.807, 2.05) is 23.9 Å². The molecule has 4 heteroatoms. The smallest absolute Gasteiger partial charge is 0.0406 e. The van der Waals surface area contributed by atoms with Gasteiger partial charge in [0.05, 0.1) is 0 Å². The number of nitrogens with one attached hydrogen (secondary N) is 1. The maximum atomic E-state index is 5.79. The summed E-state index contributed by atoms with van der Waals surface area (Å²) in [7, 11) is 0. The summed E-state index contributed by atoms with van der Waals surface area (Å²) in [4.78, 5) is 1.32. The van der Waals surface area contributed by atoms with Crippen LogP contribution in [0.15, 0.2) is 29.2 Å². The number of rotatable bonds is 3. The van der Waals surface area contributed by atoms with E-state index in [1.165, 1.54) is 23.7 Å². The Labute approximate surface area is 100 Å². The largest absolute Gasteiger partial charge is 0.316 e. The van der Waals surface area contributed by atoms with Crippen molar-refractivity contribution in [2.24, 2.45) is 5.92 Å². The highest BCUT2D eigenvalue weighted by molar-refractivity contribution is 7.99. The van der Waals surface area contributed by atoms with E-state index >= 15 is 0 Å². The van der Waals surface area contributed by atoms with Gasteiger partial charge in [-0.05, 0) is 43.3 Å². The van der Waals surface area contributed by atoms with Gasteiger partial charge in [0.15, 0.2) is 0 Å². The molecular formula is C10H13Cl2NS. The summed E-state index contributed by atoms with van der Waals surface area (Å²) in [5, 5.41) is 4.09. The van der Waals surface area contributed by atoms with Crippen LogP contribution in [-0.2, 0) is 0 Å². The van der Waals surface area contributed by atoms with Crippen molar-refractivity contribution in [3.63, 3.8) is 0 Å². The minimum atomic E-state index is 0. The molecule has 0 aromatic heterocycles. The highest BCUT2D eigenvalue weighted by Gasteiger charge is 2.16. The van der Waals surface area contributed by atoms with Gasteiger partial charge in [-0.25, -0.2) is 0 Å². The van der Waals surface area contributed by atoms with E-state index in [0.717, 1.165) is 10.9 Å². The second-order valence-electron chi connectivity index (χ2n) is 3.29. The zero-order chi connectivity index (χ0) is 9.10. The van der Waals surface area contributed by atoms with Crippen LogP contribution in [0, 0.1) is 5.92 Å². The first-order valence-electron chi connectivity index (χ1n) is 4.44. The minimum Gasteiger partial charge on any atom is -0.316 e. The molecule has 78 valence electrons. The Balaban J connectivity index is 0.000000980. The van der Waals surface area contributed by atoms with Gasteiger partial charge in [-0.1, -0.05) is 11.6 Å². The number of halogens is 2. The fraction of sp³-hybridized carbons (Fsp3) is 0.400. The Morgan fingerprint density at radius 3 is 2.43 bits per heavy atom. The van der Waals surface area contributed by atoms with Crippen LogP contribution in [0.25, 0.3) is 0 Å². The van der Waals surface area contributed by atoms with Crippen LogP contribution >= 0.6 is 35.8 Å². The molecule has 0 atom stereocenters. The van der Waals surface area contributed by atoms with Crippen molar-refractivity contribution in [2.45, 2.75) is 4.90 Å². The molecule has 0 radical (unpaired) electrons. The predicted molar refractivity (Wildman–Crippen MR) is 65.8 cm³/mol. The van der Waals surface area contributed by atoms with Gasteiger partial charge < -0.3 is 5.32 Å². The monoisotopic (exact) mass is 249 g/mol. The minimum absolute atomic E-state index is 0. The van der Waals surface area contributed by atoms with Crippen LogP contribution in [0.4, 0.5) is 0 Å². The van der Waals surface area contributed by atoms with Crippen molar-refractivity contribution in [2.75, 3.05) is 18.8 Å². The van der Waals surface area contributed by atoms with Crippen molar-refractivity contribution in [1.82, 2.24) is 5.32 Å². The molecular weight excluding hydrogens is 237 g/mol. The zero-order valence-electron chi connectivity index (χ0n) is 7.70. The fourth-order valence-corrected chi connectivity index (χ4v) is 2.33. The molecule has 0 bridgehead atoms. The van der Waals surface area contributed by atoms with E-state index in [4.69, 9.17) is 11.6 Å². The van der Waals surface area contributed by atoms with E-state index in [0.29, 0.717) is 0 Å². The highest BCUT2D eigenvalue weighted by Crippen LogP contribution is 2.23. The molecule has 0 saturated carbocycles. The standard InChI is InChI=1S/C10H12ClNS.ClH/c11-9-1-3-10(4-2-9)13-7-8-5-12-6-8;/h1-4,8,12H,5-7H2;1H. The Hall–Kier alpha value is 0.110. The first kappa shape index (κ1) is 12.2. The molecule has 1 aromatic rings. The summed E-state index contributed by atoms with van der Waals surface area (Å²) in [6, 6.07) is 8.06. The van der Waals surface area contributed by atoms with Crippen LogP contribution < -0.4 is 5.32 Å². The Morgan fingerprint density at radius 1 is 1.29 bits per heavy atom. The van der Waals surface area contributed by atoms with Crippen LogP contribution in [0.3, 0.4) is 0 Å². The molecule has 2 rings (SSSR count). The first-order valence-corrected chi connectivity index (χ1v) is 5.80. The van der Waals surface area contributed by atoms with Gasteiger partial charge in [0, 0.05) is 15.7 Å². The van der Waals surface area contributed by atoms with Crippen molar-refractivity contribution in [1.29, 1.82) is 0 Å². The number of thioether (sulfide) groups is 1. The van der Waals surface area contributed by atoms with Gasteiger partial charge in [-0.3, -0.25) is 0 Å². The highest BCUT2D eigenvalue weighted by atomic mass is 35.5. The van der Waals surface area contributed by atoms with Crippen molar-refractivity contribution < 1.29 is 0 Å². The van der Waals surface area contributed by atoms with E-state index in [-0.39, 0.29) is 12.4 Å². The van der Waals surface area contributed by atoms with Gasteiger partial charge in [0.25, 0.3) is 0 Å². The van der Waals surface area contributed by atoms with Crippen molar-refractivity contribution in [3.05, 3.63) is 29.3 Å². The molecule has 1 saturated heterocycles. The Kier molecular flexibility index (Phi) is 5.10. The predicted octanol–water partition coefficient (Wildman–Crippen LogP) is 3.07. The summed E-state index contributed by atoms with van der Waals surface area (Å²) >= 11 is 7.71. The van der Waals surface area contributed by atoms with Crippen LogP contribution in [-0.4, -0.2) is 18.8 Å². The lowest BCUT2D eigenvalue weighted by Gasteiger charge is -2.26. The van der Waals surface area contributed by atoms with Gasteiger partial charge in [0.1, 0.15) is 0 Å².